The fourth-order valence-corrected chi connectivity index (χ4v) is 3.02. The molecule has 2 aliphatic rings. The molecule has 1 aromatic carbocycles. The Kier molecular flexibility index (Phi) is 4.71. The Morgan fingerprint density at radius 2 is 2.00 bits per heavy atom. The second kappa shape index (κ2) is 6.15. The SMILES string of the molecule is CC1CCNCC1NC(=O)C1(c2ccccc2)CC1.Cl. The Hall–Kier alpha value is -1.06. The molecule has 20 heavy (non-hydrogen) atoms. The highest BCUT2D eigenvalue weighted by atomic mass is 35.5. The van der Waals surface area contributed by atoms with Crippen LogP contribution in [-0.2, 0) is 10.2 Å². The molecule has 3 nitrogen and oxygen atoms in total. The van der Waals surface area contributed by atoms with Crippen molar-refractivity contribution in [3.8, 4) is 0 Å². The van der Waals surface area contributed by atoms with E-state index in [9.17, 15) is 4.79 Å². The van der Waals surface area contributed by atoms with Gasteiger partial charge in [0, 0.05) is 12.6 Å². The smallest absolute Gasteiger partial charge is 0.230 e. The first kappa shape index (κ1) is 15.3. The number of rotatable bonds is 3. The second-order valence-electron chi connectivity index (χ2n) is 6.00. The third kappa shape index (κ3) is 2.84. The number of nitrogens with one attached hydrogen (secondary N) is 2. The van der Waals surface area contributed by atoms with Crippen molar-refractivity contribution >= 4 is 18.3 Å². The van der Waals surface area contributed by atoms with Crippen LogP contribution >= 0.6 is 12.4 Å². The summed E-state index contributed by atoms with van der Waals surface area (Å²) in [6.07, 6.45) is 3.11. The van der Waals surface area contributed by atoms with Crippen LogP contribution in [0, 0.1) is 5.92 Å². The number of benzene rings is 1. The lowest BCUT2D eigenvalue weighted by molar-refractivity contribution is -0.124. The molecule has 1 heterocycles. The molecular formula is C16H23ClN2O. The molecule has 1 aromatic rings. The zero-order valence-corrected chi connectivity index (χ0v) is 12.7. The van der Waals surface area contributed by atoms with E-state index in [4.69, 9.17) is 0 Å². The number of amides is 1. The van der Waals surface area contributed by atoms with Gasteiger partial charge < -0.3 is 10.6 Å². The highest BCUT2D eigenvalue weighted by molar-refractivity contribution is 5.91. The zero-order chi connectivity index (χ0) is 13.3. The average molecular weight is 295 g/mol. The summed E-state index contributed by atoms with van der Waals surface area (Å²) in [5.74, 6) is 0.788. The van der Waals surface area contributed by atoms with Gasteiger partial charge in [0.05, 0.1) is 5.41 Å². The van der Waals surface area contributed by atoms with Gasteiger partial charge in [0.1, 0.15) is 0 Å². The number of halogens is 1. The lowest BCUT2D eigenvalue weighted by Crippen LogP contribution is -2.52. The first-order valence-corrected chi connectivity index (χ1v) is 7.29. The lowest BCUT2D eigenvalue weighted by atomic mass is 9.91. The molecule has 1 aliphatic heterocycles. The molecular weight excluding hydrogens is 272 g/mol. The van der Waals surface area contributed by atoms with Crippen LogP contribution in [0.25, 0.3) is 0 Å². The van der Waals surface area contributed by atoms with E-state index in [1.54, 1.807) is 0 Å². The Balaban J connectivity index is 0.00000147. The molecule has 0 aromatic heterocycles. The maximum atomic E-state index is 12.6. The van der Waals surface area contributed by atoms with Gasteiger partial charge in [0.15, 0.2) is 0 Å². The number of piperidine rings is 1. The van der Waals surface area contributed by atoms with Crippen LogP contribution in [-0.4, -0.2) is 25.0 Å². The monoisotopic (exact) mass is 294 g/mol. The molecule has 1 saturated heterocycles. The fourth-order valence-electron chi connectivity index (χ4n) is 3.02. The standard InChI is InChI=1S/C16H22N2O.ClH/c1-12-7-10-17-11-14(12)18-15(19)16(8-9-16)13-5-3-2-4-6-13;/h2-6,12,14,17H,7-11H2,1H3,(H,18,19);1H. The minimum atomic E-state index is -0.238. The van der Waals surface area contributed by atoms with Crippen LogP contribution in [0.5, 0.6) is 0 Å². The molecule has 1 saturated carbocycles. The molecule has 2 N–H and O–H groups in total. The van der Waals surface area contributed by atoms with Gasteiger partial charge in [-0.3, -0.25) is 4.79 Å². The van der Waals surface area contributed by atoms with Gasteiger partial charge >= 0.3 is 0 Å². The summed E-state index contributed by atoms with van der Waals surface area (Å²) in [6.45, 7) is 4.20. The van der Waals surface area contributed by atoms with E-state index in [2.05, 4.69) is 29.7 Å². The minimum Gasteiger partial charge on any atom is -0.351 e. The molecule has 3 rings (SSSR count). The molecule has 2 atom stereocenters. The van der Waals surface area contributed by atoms with Crippen LogP contribution in [0.15, 0.2) is 30.3 Å². The van der Waals surface area contributed by atoms with E-state index in [1.807, 2.05) is 18.2 Å². The van der Waals surface area contributed by atoms with Crippen molar-refractivity contribution in [2.45, 2.75) is 37.6 Å². The summed E-state index contributed by atoms with van der Waals surface area (Å²) >= 11 is 0. The van der Waals surface area contributed by atoms with Crippen LogP contribution < -0.4 is 10.6 Å². The third-order valence-electron chi connectivity index (χ3n) is 4.66. The van der Waals surface area contributed by atoms with E-state index in [1.165, 1.54) is 5.56 Å². The highest BCUT2D eigenvalue weighted by Crippen LogP contribution is 2.48. The molecule has 110 valence electrons. The molecule has 4 heteroatoms. The molecule has 1 aliphatic carbocycles. The van der Waals surface area contributed by atoms with Gasteiger partial charge in [0.25, 0.3) is 0 Å². The molecule has 2 unspecified atom stereocenters. The van der Waals surface area contributed by atoms with Gasteiger partial charge in [-0.15, -0.1) is 12.4 Å². The largest absolute Gasteiger partial charge is 0.351 e. The van der Waals surface area contributed by atoms with Crippen molar-refractivity contribution < 1.29 is 4.79 Å². The highest BCUT2D eigenvalue weighted by Gasteiger charge is 2.51. The first-order chi connectivity index (χ1) is 9.22. The molecule has 0 radical (unpaired) electrons. The number of carbonyl (C=O) groups excluding carboxylic acids is 1. The van der Waals surface area contributed by atoms with Crippen molar-refractivity contribution in [3.05, 3.63) is 35.9 Å². The minimum absolute atomic E-state index is 0. The Morgan fingerprint density at radius 1 is 1.30 bits per heavy atom. The van der Waals surface area contributed by atoms with Crippen molar-refractivity contribution in [3.63, 3.8) is 0 Å². The predicted molar refractivity (Wildman–Crippen MR) is 83.2 cm³/mol. The molecule has 2 fully saturated rings. The summed E-state index contributed by atoms with van der Waals surface area (Å²) in [6, 6.07) is 10.5. The van der Waals surface area contributed by atoms with Gasteiger partial charge in [-0.25, -0.2) is 0 Å². The van der Waals surface area contributed by atoms with Crippen molar-refractivity contribution in [2.75, 3.05) is 13.1 Å². The van der Waals surface area contributed by atoms with Crippen LogP contribution in [0.3, 0.4) is 0 Å². The maximum Gasteiger partial charge on any atom is 0.230 e. The topological polar surface area (TPSA) is 41.1 Å². The van der Waals surface area contributed by atoms with E-state index in [0.29, 0.717) is 5.92 Å². The van der Waals surface area contributed by atoms with Gasteiger partial charge in [0.2, 0.25) is 5.91 Å². The van der Waals surface area contributed by atoms with Gasteiger partial charge in [-0.1, -0.05) is 37.3 Å². The number of hydrogen-bond donors (Lipinski definition) is 2. The van der Waals surface area contributed by atoms with Crippen LogP contribution in [0.1, 0.15) is 31.7 Å². The maximum absolute atomic E-state index is 12.6. The number of carbonyl (C=O) groups is 1. The van der Waals surface area contributed by atoms with E-state index in [0.717, 1.165) is 32.4 Å². The second-order valence-corrected chi connectivity index (χ2v) is 6.00. The Morgan fingerprint density at radius 3 is 2.60 bits per heavy atom. The number of hydrogen-bond acceptors (Lipinski definition) is 2. The lowest BCUT2D eigenvalue weighted by Gasteiger charge is -2.31. The predicted octanol–water partition coefficient (Wildman–Crippen LogP) is 2.25. The van der Waals surface area contributed by atoms with E-state index < -0.39 is 0 Å². The van der Waals surface area contributed by atoms with E-state index in [-0.39, 0.29) is 29.8 Å². The summed E-state index contributed by atoms with van der Waals surface area (Å²) in [7, 11) is 0. The van der Waals surface area contributed by atoms with Crippen molar-refractivity contribution in [2.24, 2.45) is 5.92 Å². The summed E-state index contributed by atoms with van der Waals surface area (Å²) < 4.78 is 0. The van der Waals surface area contributed by atoms with Crippen LogP contribution in [0.4, 0.5) is 0 Å². The zero-order valence-electron chi connectivity index (χ0n) is 11.9. The van der Waals surface area contributed by atoms with Crippen molar-refractivity contribution in [1.29, 1.82) is 0 Å². The molecule has 0 spiro atoms. The van der Waals surface area contributed by atoms with Crippen molar-refractivity contribution in [1.82, 2.24) is 10.6 Å². The van der Waals surface area contributed by atoms with E-state index >= 15 is 0 Å². The quantitative estimate of drug-likeness (QED) is 0.898. The molecule has 0 bridgehead atoms. The van der Waals surface area contributed by atoms with Crippen LogP contribution in [0.2, 0.25) is 0 Å². The summed E-state index contributed by atoms with van der Waals surface area (Å²) in [5.41, 5.74) is 0.933. The Labute approximate surface area is 126 Å². The summed E-state index contributed by atoms with van der Waals surface area (Å²) in [5, 5.41) is 6.64. The fraction of sp³-hybridized carbons (Fsp3) is 0.562. The third-order valence-corrected chi connectivity index (χ3v) is 4.66. The van der Waals surface area contributed by atoms with Gasteiger partial charge in [-0.2, -0.15) is 0 Å². The first-order valence-electron chi connectivity index (χ1n) is 7.29. The Bertz CT molecular complexity index is 459. The normalized spacial score (nSPS) is 27.2. The van der Waals surface area contributed by atoms with Gasteiger partial charge in [-0.05, 0) is 37.3 Å². The summed E-state index contributed by atoms with van der Waals surface area (Å²) in [4.78, 5) is 12.6. The molecule has 1 amide bonds. The average Bonchev–Trinajstić information content (AvgIpc) is 3.24.